The van der Waals surface area contributed by atoms with E-state index in [9.17, 15) is 4.79 Å². The summed E-state index contributed by atoms with van der Waals surface area (Å²) in [6.45, 7) is 7.14. The molecule has 0 N–H and O–H groups in total. The van der Waals surface area contributed by atoms with Crippen molar-refractivity contribution >= 4 is 5.91 Å². The fourth-order valence-corrected chi connectivity index (χ4v) is 2.14. The van der Waals surface area contributed by atoms with Gasteiger partial charge in [-0.15, -0.1) is 0 Å². The van der Waals surface area contributed by atoms with Crippen LogP contribution in [0.15, 0.2) is 24.3 Å². The van der Waals surface area contributed by atoms with Gasteiger partial charge in [0.1, 0.15) is 6.73 Å². The lowest BCUT2D eigenvalue weighted by molar-refractivity contribution is -0.134. The number of hydrogen-bond donors (Lipinski definition) is 0. The van der Waals surface area contributed by atoms with Crippen LogP contribution in [0.4, 0.5) is 0 Å². The summed E-state index contributed by atoms with van der Waals surface area (Å²) in [5.74, 6) is 0.137. The lowest BCUT2D eigenvalue weighted by atomic mass is 10.0. The lowest BCUT2D eigenvalue weighted by Crippen LogP contribution is -2.44. The number of aryl methyl sites for hydroxylation is 1. The molecule has 1 fully saturated rings. The summed E-state index contributed by atoms with van der Waals surface area (Å²) in [6, 6.07) is 8.08. The number of carbonyl (C=O) groups is 1. The molecule has 1 heterocycles. The number of carbonyl (C=O) groups excluding carboxylic acids is 1. The van der Waals surface area contributed by atoms with Gasteiger partial charge in [-0.25, -0.2) is 0 Å². The van der Waals surface area contributed by atoms with Crippen LogP contribution in [0.2, 0.25) is 0 Å². The van der Waals surface area contributed by atoms with Crippen LogP contribution >= 0.6 is 0 Å². The van der Waals surface area contributed by atoms with Gasteiger partial charge in [0.2, 0.25) is 5.91 Å². The Morgan fingerprint density at radius 1 is 1.47 bits per heavy atom. The number of nitrogens with zero attached hydrogens (tertiary/aromatic N) is 1. The largest absolute Gasteiger partial charge is 0.359 e. The summed E-state index contributed by atoms with van der Waals surface area (Å²) in [4.78, 5) is 14.0. The third-order valence-corrected chi connectivity index (χ3v) is 3.15. The first-order chi connectivity index (χ1) is 7.99. The lowest BCUT2D eigenvalue weighted by Gasteiger charge is -2.29. The number of hydrogen-bond acceptors (Lipinski definition) is 2. The maximum absolute atomic E-state index is 12.2. The minimum Gasteiger partial charge on any atom is -0.359 e. The Morgan fingerprint density at radius 3 is 2.82 bits per heavy atom. The summed E-state index contributed by atoms with van der Waals surface area (Å²) in [5.41, 5.74) is 2.07. The van der Waals surface area contributed by atoms with Crippen LogP contribution in [0.25, 0.3) is 0 Å². The average molecular weight is 233 g/mol. The second kappa shape index (κ2) is 4.49. The van der Waals surface area contributed by atoms with Crippen LogP contribution in [-0.2, 0) is 16.0 Å². The highest BCUT2D eigenvalue weighted by molar-refractivity contribution is 5.79. The SMILES string of the molecule is Cc1cccc(CC(=O)N2COCC2(C)C)c1. The first-order valence-electron chi connectivity index (χ1n) is 5.93. The number of ether oxygens (including phenoxy) is 1. The summed E-state index contributed by atoms with van der Waals surface area (Å²) in [5, 5.41) is 0. The van der Waals surface area contributed by atoms with Gasteiger partial charge in [-0.3, -0.25) is 4.79 Å². The molecule has 0 radical (unpaired) electrons. The molecule has 1 aliphatic rings. The van der Waals surface area contributed by atoms with Crippen molar-refractivity contribution in [3.05, 3.63) is 35.4 Å². The van der Waals surface area contributed by atoms with Crippen molar-refractivity contribution in [2.75, 3.05) is 13.3 Å². The Hall–Kier alpha value is -1.35. The predicted octanol–water partition coefficient (Wildman–Crippen LogP) is 2.13. The molecule has 0 unspecified atom stereocenters. The smallest absolute Gasteiger partial charge is 0.229 e. The Morgan fingerprint density at radius 2 is 2.24 bits per heavy atom. The highest BCUT2D eigenvalue weighted by Gasteiger charge is 2.36. The molecule has 2 rings (SSSR count). The van der Waals surface area contributed by atoms with Crippen molar-refractivity contribution in [2.24, 2.45) is 0 Å². The summed E-state index contributed by atoms with van der Waals surface area (Å²) >= 11 is 0. The van der Waals surface area contributed by atoms with Crippen LogP contribution in [0.3, 0.4) is 0 Å². The summed E-state index contributed by atoms with van der Waals surface area (Å²) in [7, 11) is 0. The molecule has 1 amide bonds. The van der Waals surface area contributed by atoms with Crippen molar-refractivity contribution in [3.8, 4) is 0 Å². The Bertz CT molecular complexity index is 426. The van der Waals surface area contributed by atoms with Gasteiger partial charge < -0.3 is 9.64 Å². The highest BCUT2D eigenvalue weighted by atomic mass is 16.5. The van der Waals surface area contributed by atoms with Gasteiger partial charge in [-0.05, 0) is 26.3 Å². The number of benzene rings is 1. The molecule has 3 heteroatoms. The quantitative estimate of drug-likeness (QED) is 0.783. The number of rotatable bonds is 2. The van der Waals surface area contributed by atoms with Crippen molar-refractivity contribution in [3.63, 3.8) is 0 Å². The molecule has 1 aromatic carbocycles. The molecule has 1 aliphatic heterocycles. The van der Waals surface area contributed by atoms with Crippen LogP contribution in [-0.4, -0.2) is 29.7 Å². The topological polar surface area (TPSA) is 29.5 Å². The van der Waals surface area contributed by atoms with E-state index in [-0.39, 0.29) is 11.4 Å². The summed E-state index contributed by atoms with van der Waals surface area (Å²) < 4.78 is 5.36. The maximum Gasteiger partial charge on any atom is 0.229 e. The monoisotopic (exact) mass is 233 g/mol. The zero-order valence-corrected chi connectivity index (χ0v) is 10.7. The van der Waals surface area contributed by atoms with E-state index in [1.165, 1.54) is 5.56 Å². The fraction of sp³-hybridized carbons (Fsp3) is 0.500. The molecule has 1 saturated heterocycles. The zero-order chi connectivity index (χ0) is 12.5. The van der Waals surface area contributed by atoms with Crippen molar-refractivity contribution in [1.82, 2.24) is 4.90 Å². The minimum absolute atomic E-state index is 0.137. The predicted molar refractivity (Wildman–Crippen MR) is 66.6 cm³/mol. The molecule has 0 saturated carbocycles. The summed E-state index contributed by atoms with van der Waals surface area (Å²) in [6.07, 6.45) is 0.453. The number of amides is 1. The van der Waals surface area contributed by atoms with Crippen LogP contribution < -0.4 is 0 Å². The maximum atomic E-state index is 12.2. The van der Waals surface area contributed by atoms with E-state index in [4.69, 9.17) is 4.74 Å². The van der Waals surface area contributed by atoms with Crippen molar-refractivity contribution in [1.29, 1.82) is 0 Å². The first kappa shape index (κ1) is 12.1. The van der Waals surface area contributed by atoms with Gasteiger partial charge in [0.05, 0.1) is 18.6 Å². The minimum atomic E-state index is -0.180. The van der Waals surface area contributed by atoms with E-state index < -0.39 is 0 Å². The molecule has 0 bridgehead atoms. The van der Waals surface area contributed by atoms with Gasteiger partial charge in [-0.1, -0.05) is 29.8 Å². The molecule has 17 heavy (non-hydrogen) atoms. The molecule has 0 spiro atoms. The molecule has 0 aromatic heterocycles. The van der Waals surface area contributed by atoms with E-state index in [1.807, 2.05) is 43.9 Å². The Balaban J connectivity index is 2.07. The van der Waals surface area contributed by atoms with Crippen molar-refractivity contribution in [2.45, 2.75) is 32.7 Å². The fourth-order valence-electron chi connectivity index (χ4n) is 2.14. The first-order valence-corrected chi connectivity index (χ1v) is 5.93. The van der Waals surface area contributed by atoms with Gasteiger partial charge in [-0.2, -0.15) is 0 Å². The van der Waals surface area contributed by atoms with E-state index in [0.29, 0.717) is 19.8 Å². The van der Waals surface area contributed by atoms with Gasteiger partial charge in [0.25, 0.3) is 0 Å². The zero-order valence-electron chi connectivity index (χ0n) is 10.7. The van der Waals surface area contributed by atoms with Crippen LogP contribution in [0, 0.1) is 6.92 Å². The average Bonchev–Trinajstić information content (AvgIpc) is 2.58. The van der Waals surface area contributed by atoms with Crippen molar-refractivity contribution < 1.29 is 9.53 Å². The van der Waals surface area contributed by atoms with Crippen LogP contribution in [0.1, 0.15) is 25.0 Å². The second-order valence-corrected chi connectivity index (χ2v) is 5.28. The molecule has 0 atom stereocenters. The third kappa shape index (κ3) is 2.67. The second-order valence-electron chi connectivity index (χ2n) is 5.28. The molecular weight excluding hydrogens is 214 g/mol. The van der Waals surface area contributed by atoms with E-state index in [2.05, 4.69) is 6.07 Å². The molecule has 92 valence electrons. The molecule has 0 aliphatic carbocycles. The van der Waals surface area contributed by atoms with Gasteiger partial charge in [0.15, 0.2) is 0 Å². The van der Waals surface area contributed by atoms with Gasteiger partial charge >= 0.3 is 0 Å². The van der Waals surface area contributed by atoms with Gasteiger partial charge in [0, 0.05) is 0 Å². The Kier molecular flexibility index (Phi) is 3.20. The molecular formula is C14H19NO2. The van der Waals surface area contributed by atoms with Crippen LogP contribution in [0.5, 0.6) is 0 Å². The molecule has 3 nitrogen and oxygen atoms in total. The normalized spacial score (nSPS) is 18.4. The van der Waals surface area contributed by atoms with E-state index in [1.54, 1.807) is 0 Å². The molecule has 1 aromatic rings. The third-order valence-electron chi connectivity index (χ3n) is 3.15. The highest BCUT2D eigenvalue weighted by Crippen LogP contribution is 2.22. The Labute approximate surface area is 102 Å². The van der Waals surface area contributed by atoms with E-state index >= 15 is 0 Å². The van der Waals surface area contributed by atoms with E-state index in [0.717, 1.165) is 5.56 Å². The standard InChI is InChI=1S/C14H19NO2/c1-11-5-4-6-12(7-11)8-13(16)15-10-17-9-14(15,2)3/h4-7H,8-10H2,1-3H3.